The summed E-state index contributed by atoms with van der Waals surface area (Å²) in [6, 6.07) is 12.9. The van der Waals surface area contributed by atoms with Crippen molar-refractivity contribution in [3.05, 3.63) is 65.7 Å². The van der Waals surface area contributed by atoms with Gasteiger partial charge >= 0.3 is 0 Å². The summed E-state index contributed by atoms with van der Waals surface area (Å²) >= 11 is 5.41. The van der Waals surface area contributed by atoms with Crippen molar-refractivity contribution in [2.45, 2.75) is 31.0 Å². The topological polar surface area (TPSA) is 47.6 Å². The highest BCUT2D eigenvalue weighted by molar-refractivity contribution is 7.80. The highest BCUT2D eigenvalue weighted by Gasteiger charge is 2.49. The summed E-state index contributed by atoms with van der Waals surface area (Å²) in [5, 5.41) is 6.71. The minimum atomic E-state index is -0.557. The molecule has 2 aliphatic heterocycles. The molecule has 2 aliphatic rings. The molecule has 2 aromatic rings. The minimum Gasteiger partial charge on any atom is -0.349 e. The number of hydrogen-bond donors (Lipinski definition) is 2. The lowest BCUT2D eigenvalue weighted by atomic mass is 9.96. The van der Waals surface area contributed by atoms with Crippen molar-refractivity contribution in [1.29, 1.82) is 0 Å². The molecule has 1 spiro atoms. The molecule has 0 bridgehead atoms. The molecule has 2 heterocycles. The fraction of sp³-hybridized carbons (Fsp3) is 0.364. The summed E-state index contributed by atoms with van der Waals surface area (Å²) in [4.78, 5) is 16.6. The lowest BCUT2D eigenvalue weighted by molar-refractivity contribution is -0.131. The van der Waals surface area contributed by atoms with Gasteiger partial charge in [0.2, 0.25) is 5.91 Å². The number of halogens is 2. The third-order valence-electron chi connectivity index (χ3n) is 6.04. The Kier molecular flexibility index (Phi) is 5.71. The van der Waals surface area contributed by atoms with Gasteiger partial charge in [-0.3, -0.25) is 10.1 Å². The van der Waals surface area contributed by atoms with E-state index in [0.717, 1.165) is 23.8 Å². The van der Waals surface area contributed by atoms with Gasteiger partial charge in [-0.2, -0.15) is 0 Å². The molecule has 0 aliphatic carbocycles. The highest BCUT2D eigenvalue weighted by atomic mass is 32.1. The SMILES string of the molecule is CN1C(=O)C(Cc2ccccc2)NC12CCN(C(=S)Nc1cc(F)ccc1F)CC2. The Bertz CT molecular complexity index is 947. The van der Waals surface area contributed by atoms with Crippen LogP contribution in [-0.2, 0) is 11.2 Å². The number of carbonyl (C=O) groups is 1. The lowest BCUT2D eigenvalue weighted by Gasteiger charge is -2.44. The normalized spacial score (nSPS) is 20.6. The second-order valence-electron chi connectivity index (χ2n) is 7.86. The van der Waals surface area contributed by atoms with Gasteiger partial charge in [0.05, 0.1) is 17.4 Å². The molecule has 2 saturated heterocycles. The fourth-order valence-corrected chi connectivity index (χ4v) is 4.56. The number of likely N-dealkylation sites (N-methyl/N-ethyl adjacent to an activating group) is 1. The predicted molar refractivity (Wildman–Crippen MR) is 116 cm³/mol. The van der Waals surface area contributed by atoms with Gasteiger partial charge in [-0.1, -0.05) is 30.3 Å². The first-order chi connectivity index (χ1) is 14.4. The molecule has 0 radical (unpaired) electrons. The largest absolute Gasteiger partial charge is 0.349 e. The monoisotopic (exact) mass is 430 g/mol. The Hall–Kier alpha value is -2.58. The Morgan fingerprint density at radius 2 is 1.90 bits per heavy atom. The summed E-state index contributed by atoms with van der Waals surface area (Å²) in [6.07, 6.45) is 2.02. The van der Waals surface area contributed by atoms with Gasteiger partial charge in [-0.15, -0.1) is 0 Å². The first-order valence-corrected chi connectivity index (χ1v) is 10.4. The quantitative estimate of drug-likeness (QED) is 0.733. The van der Waals surface area contributed by atoms with Crippen LogP contribution in [0.25, 0.3) is 0 Å². The fourth-order valence-electron chi connectivity index (χ4n) is 4.26. The number of anilines is 1. The van der Waals surface area contributed by atoms with Crippen molar-refractivity contribution in [3.8, 4) is 0 Å². The molecule has 5 nitrogen and oxygen atoms in total. The molecule has 8 heteroatoms. The van der Waals surface area contributed by atoms with Gasteiger partial charge in [0.15, 0.2) is 5.11 Å². The van der Waals surface area contributed by atoms with E-state index in [1.54, 1.807) is 0 Å². The number of likely N-dealkylation sites (tertiary alicyclic amines) is 1. The average Bonchev–Trinajstić information content (AvgIpc) is 2.96. The van der Waals surface area contributed by atoms with Crippen molar-refractivity contribution >= 4 is 28.9 Å². The van der Waals surface area contributed by atoms with Crippen LogP contribution < -0.4 is 10.6 Å². The molecular formula is C22H24F2N4OS. The van der Waals surface area contributed by atoms with Crippen molar-refractivity contribution in [1.82, 2.24) is 15.1 Å². The smallest absolute Gasteiger partial charge is 0.241 e. The van der Waals surface area contributed by atoms with E-state index in [0.29, 0.717) is 37.5 Å². The van der Waals surface area contributed by atoms with Crippen LogP contribution in [0.4, 0.5) is 14.5 Å². The van der Waals surface area contributed by atoms with E-state index in [-0.39, 0.29) is 17.6 Å². The van der Waals surface area contributed by atoms with E-state index < -0.39 is 17.3 Å². The maximum atomic E-state index is 13.9. The molecule has 1 unspecified atom stereocenters. The summed E-state index contributed by atoms with van der Waals surface area (Å²) in [5.74, 6) is -0.993. The molecule has 0 saturated carbocycles. The van der Waals surface area contributed by atoms with Crippen LogP contribution in [0, 0.1) is 11.6 Å². The van der Waals surface area contributed by atoms with Crippen molar-refractivity contribution in [2.75, 3.05) is 25.5 Å². The minimum absolute atomic E-state index is 0.0227. The molecule has 1 atom stereocenters. The molecule has 2 fully saturated rings. The number of hydrogen-bond acceptors (Lipinski definition) is 3. The number of amides is 1. The van der Waals surface area contributed by atoms with Crippen LogP contribution in [0.1, 0.15) is 18.4 Å². The van der Waals surface area contributed by atoms with Crippen LogP contribution >= 0.6 is 12.2 Å². The zero-order valence-corrected chi connectivity index (χ0v) is 17.5. The van der Waals surface area contributed by atoms with E-state index in [4.69, 9.17) is 12.2 Å². The van der Waals surface area contributed by atoms with E-state index >= 15 is 0 Å². The average molecular weight is 431 g/mol. The zero-order chi connectivity index (χ0) is 21.3. The molecule has 1 amide bonds. The van der Waals surface area contributed by atoms with E-state index in [1.807, 2.05) is 47.2 Å². The molecular weight excluding hydrogens is 406 g/mol. The van der Waals surface area contributed by atoms with Gasteiger partial charge in [-0.25, -0.2) is 8.78 Å². The van der Waals surface area contributed by atoms with Crippen LogP contribution in [0.15, 0.2) is 48.5 Å². The molecule has 2 N–H and O–H groups in total. The van der Waals surface area contributed by atoms with Crippen LogP contribution in [-0.4, -0.2) is 52.7 Å². The number of carbonyl (C=O) groups excluding carboxylic acids is 1. The standard InChI is InChI=1S/C22H24F2N4OS/c1-27-20(29)19(13-15-5-3-2-4-6-15)26-22(27)9-11-28(12-10-22)21(30)25-18-14-16(23)7-8-17(18)24/h2-8,14,19,26H,9-13H2,1H3,(H,25,30). The Morgan fingerprint density at radius 1 is 1.20 bits per heavy atom. The third kappa shape index (κ3) is 4.02. The van der Waals surface area contributed by atoms with Gasteiger partial charge < -0.3 is 15.1 Å². The Morgan fingerprint density at radius 3 is 2.60 bits per heavy atom. The number of benzene rings is 2. The number of nitrogens with one attached hydrogen (secondary N) is 2. The Labute approximate surface area is 180 Å². The molecule has 2 aromatic carbocycles. The number of piperidine rings is 1. The summed E-state index contributed by atoms with van der Waals surface area (Å²) in [5.41, 5.74) is 0.732. The van der Waals surface area contributed by atoms with Crippen molar-refractivity contribution in [2.24, 2.45) is 0 Å². The van der Waals surface area contributed by atoms with Gasteiger partial charge in [0.25, 0.3) is 0 Å². The molecule has 4 rings (SSSR count). The van der Waals surface area contributed by atoms with Gasteiger partial charge in [0.1, 0.15) is 11.6 Å². The van der Waals surface area contributed by atoms with Crippen LogP contribution in [0.5, 0.6) is 0 Å². The molecule has 0 aromatic heterocycles. The van der Waals surface area contributed by atoms with E-state index in [9.17, 15) is 13.6 Å². The van der Waals surface area contributed by atoms with Crippen molar-refractivity contribution < 1.29 is 13.6 Å². The zero-order valence-electron chi connectivity index (χ0n) is 16.7. The number of thiocarbonyl (C=S) groups is 1. The lowest BCUT2D eigenvalue weighted by Crippen LogP contribution is -2.59. The molecule has 30 heavy (non-hydrogen) atoms. The van der Waals surface area contributed by atoms with Crippen LogP contribution in [0.3, 0.4) is 0 Å². The second kappa shape index (κ2) is 8.28. The maximum absolute atomic E-state index is 13.9. The van der Waals surface area contributed by atoms with E-state index in [1.165, 1.54) is 0 Å². The summed E-state index contributed by atoms with van der Waals surface area (Å²) in [6.45, 7) is 1.21. The predicted octanol–water partition coefficient (Wildman–Crippen LogP) is 3.13. The van der Waals surface area contributed by atoms with Gasteiger partial charge in [-0.05, 0) is 36.3 Å². The highest BCUT2D eigenvalue weighted by Crippen LogP contribution is 2.32. The Balaban J connectivity index is 1.39. The number of nitrogens with zero attached hydrogens (tertiary/aromatic N) is 2. The van der Waals surface area contributed by atoms with E-state index in [2.05, 4.69) is 10.6 Å². The maximum Gasteiger partial charge on any atom is 0.241 e. The number of rotatable bonds is 3. The summed E-state index contributed by atoms with van der Waals surface area (Å²) in [7, 11) is 1.84. The van der Waals surface area contributed by atoms with Gasteiger partial charge in [0, 0.05) is 39.0 Å². The third-order valence-corrected chi connectivity index (χ3v) is 6.40. The molecule has 158 valence electrons. The first-order valence-electron chi connectivity index (χ1n) is 9.98. The summed E-state index contributed by atoms with van der Waals surface area (Å²) < 4.78 is 27.3. The second-order valence-corrected chi connectivity index (χ2v) is 8.24. The van der Waals surface area contributed by atoms with Crippen LogP contribution in [0.2, 0.25) is 0 Å². The first kappa shape index (κ1) is 20.7. The van der Waals surface area contributed by atoms with Crippen molar-refractivity contribution in [3.63, 3.8) is 0 Å².